The third kappa shape index (κ3) is 4.25. The van der Waals surface area contributed by atoms with Gasteiger partial charge in [0.15, 0.2) is 6.61 Å². The summed E-state index contributed by atoms with van der Waals surface area (Å²) in [7, 11) is 0. The molecule has 0 aromatic heterocycles. The molecule has 154 valence electrons. The number of carbonyl (C=O) groups is 1. The summed E-state index contributed by atoms with van der Waals surface area (Å²) in [5.41, 5.74) is 3.22. The summed E-state index contributed by atoms with van der Waals surface area (Å²) in [6, 6.07) is 23.2. The zero-order valence-electron chi connectivity index (χ0n) is 16.8. The van der Waals surface area contributed by atoms with Crippen LogP contribution in [0.15, 0.2) is 72.8 Å². The second-order valence-electron chi connectivity index (χ2n) is 7.19. The molecular formula is C25H24O5. The predicted molar refractivity (Wildman–Crippen MR) is 113 cm³/mol. The van der Waals surface area contributed by atoms with Crippen molar-refractivity contribution in [2.75, 3.05) is 19.8 Å². The zero-order chi connectivity index (χ0) is 20.9. The quantitative estimate of drug-likeness (QED) is 0.606. The van der Waals surface area contributed by atoms with Crippen molar-refractivity contribution < 1.29 is 24.1 Å². The van der Waals surface area contributed by atoms with Crippen LogP contribution in [0.3, 0.4) is 0 Å². The lowest BCUT2D eigenvalue weighted by Gasteiger charge is -2.34. The average molecular weight is 404 g/mol. The fourth-order valence-corrected chi connectivity index (χ4v) is 3.92. The number of ether oxygens (including phenoxy) is 3. The number of aromatic hydroxyl groups is 1. The summed E-state index contributed by atoms with van der Waals surface area (Å²) in [6.45, 7) is 2.53. The molecule has 4 rings (SSSR count). The van der Waals surface area contributed by atoms with E-state index in [-0.39, 0.29) is 30.2 Å². The molecule has 0 saturated carbocycles. The highest BCUT2D eigenvalue weighted by Gasteiger charge is 2.33. The number of hydrogen-bond acceptors (Lipinski definition) is 5. The van der Waals surface area contributed by atoms with E-state index in [1.165, 1.54) is 5.56 Å². The fraction of sp³-hybridized carbons (Fsp3) is 0.240. The summed E-state index contributed by atoms with van der Waals surface area (Å²) in [6.07, 6.45) is 0. The number of benzene rings is 3. The van der Waals surface area contributed by atoms with Crippen molar-refractivity contribution in [1.29, 1.82) is 0 Å². The number of hydrogen-bond donors (Lipinski definition) is 1. The fourth-order valence-electron chi connectivity index (χ4n) is 3.92. The Morgan fingerprint density at radius 3 is 2.53 bits per heavy atom. The normalized spacial score (nSPS) is 17.5. The van der Waals surface area contributed by atoms with Gasteiger partial charge in [0.25, 0.3) is 0 Å². The zero-order valence-corrected chi connectivity index (χ0v) is 16.8. The molecule has 0 saturated heterocycles. The van der Waals surface area contributed by atoms with Crippen LogP contribution in [0.4, 0.5) is 0 Å². The Morgan fingerprint density at radius 1 is 1.03 bits per heavy atom. The summed E-state index contributed by atoms with van der Waals surface area (Å²) in [4.78, 5) is 11.5. The number of phenolic OH excluding ortho intramolecular Hbond substituents is 1. The first-order valence-electron chi connectivity index (χ1n) is 10.0. The van der Waals surface area contributed by atoms with Crippen molar-refractivity contribution >= 4 is 5.97 Å². The van der Waals surface area contributed by atoms with E-state index in [0.717, 1.165) is 16.9 Å². The topological polar surface area (TPSA) is 65.0 Å². The van der Waals surface area contributed by atoms with E-state index >= 15 is 0 Å². The van der Waals surface area contributed by atoms with Gasteiger partial charge >= 0.3 is 5.97 Å². The van der Waals surface area contributed by atoms with Gasteiger partial charge in [0, 0.05) is 17.4 Å². The summed E-state index contributed by atoms with van der Waals surface area (Å²) < 4.78 is 16.4. The molecule has 0 fully saturated rings. The molecule has 3 aromatic carbocycles. The molecule has 0 amide bonds. The lowest BCUT2D eigenvalue weighted by atomic mass is 9.76. The minimum absolute atomic E-state index is 0.0161. The molecule has 5 nitrogen and oxygen atoms in total. The average Bonchev–Trinajstić information content (AvgIpc) is 2.78. The maximum Gasteiger partial charge on any atom is 0.344 e. The highest BCUT2D eigenvalue weighted by atomic mass is 16.6. The second-order valence-corrected chi connectivity index (χ2v) is 7.19. The van der Waals surface area contributed by atoms with E-state index in [0.29, 0.717) is 19.0 Å². The number of fused-ring (bicyclic) bond motifs is 1. The molecule has 0 radical (unpaired) electrons. The summed E-state index contributed by atoms with van der Waals surface area (Å²) in [5, 5.41) is 10.1. The monoisotopic (exact) mass is 404 g/mol. The minimum Gasteiger partial charge on any atom is -0.508 e. The Morgan fingerprint density at radius 2 is 1.80 bits per heavy atom. The van der Waals surface area contributed by atoms with Crippen LogP contribution in [0, 0.1) is 0 Å². The summed E-state index contributed by atoms with van der Waals surface area (Å²) in [5.74, 6) is 1.33. The predicted octanol–water partition coefficient (Wildman–Crippen LogP) is 4.64. The van der Waals surface area contributed by atoms with E-state index in [1.807, 2.05) is 48.5 Å². The first-order chi connectivity index (χ1) is 14.7. The van der Waals surface area contributed by atoms with Gasteiger partial charge in [0.2, 0.25) is 0 Å². The van der Waals surface area contributed by atoms with Gasteiger partial charge < -0.3 is 19.3 Å². The largest absolute Gasteiger partial charge is 0.508 e. The first kappa shape index (κ1) is 19.8. The Hall–Kier alpha value is -3.47. The number of phenols is 1. The van der Waals surface area contributed by atoms with Gasteiger partial charge in [-0.15, -0.1) is 0 Å². The highest BCUT2D eigenvalue weighted by molar-refractivity contribution is 5.71. The first-order valence-corrected chi connectivity index (χ1v) is 10.0. The van der Waals surface area contributed by atoms with Crippen LogP contribution >= 0.6 is 0 Å². The molecular weight excluding hydrogens is 380 g/mol. The maximum absolute atomic E-state index is 11.5. The number of carbonyl (C=O) groups excluding carboxylic acids is 1. The van der Waals surface area contributed by atoms with Crippen LogP contribution in [-0.4, -0.2) is 30.9 Å². The van der Waals surface area contributed by atoms with Gasteiger partial charge in [-0.05, 0) is 48.4 Å². The van der Waals surface area contributed by atoms with Crippen LogP contribution in [0.25, 0.3) is 0 Å². The number of esters is 1. The molecule has 3 aromatic rings. The third-order valence-electron chi connectivity index (χ3n) is 5.28. The molecule has 0 bridgehead atoms. The van der Waals surface area contributed by atoms with Crippen molar-refractivity contribution in [3.05, 3.63) is 89.5 Å². The third-order valence-corrected chi connectivity index (χ3v) is 5.28. The van der Waals surface area contributed by atoms with Crippen molar-refractivity contribution in [1.82, 2.24) is 0 Å². The standard InChI is InChI=1S/C25H24O5/c1-2-28-24(27)16-29-20-11-8-18(9-12-20)25-21-14-19(26)10-13-23(21)30-15-22(25)17-6-4-3-5-7-17/h3-14,22,25-26H,2,15-16H2,1H3/t22-,25+/m0/s1. The van der Waals surface area contributed by atoms with Gasteiger partial charge in [-0.3, -0.25) is 0 Å². The minimum atomic E-state index is -0.389. The van der Waals surface area contributed by atoms with Gasteiger partial charge in [-0.25, -0.2) is 4.79 Å². The molecule has 30 heavy (non-hydrogen) atoms. The smallest absolute Gasteiger partial charge is 0.344 e. The Kier molecular flexibility index (Phi) is 5.89. The molecule has 0 unspecified atom stereocenters. The van der Waals surface area contributed by atoms with Gasteiger partial charge in [0.1, 0.15) is 17.2 Å². The second kappa shape index (κ2) is 8.91. The van der Waals surface area contributed by atoms with E-state index < -0.39 is 0 Å². The number of rotatable bonds is 6. The van der Waals surface area contributed by atoms with E-state index in [1.54, 1.807) is 19.1 Å². The van der Waals surface area contributed by atoms with Crippen LogP contribution < -0.4 is 9.47 Å². The van der Waals surface area contributed by atoms with Gasteiger partial charge in [0.05, 0.1) is 13.2 Å². The van der Waals surface area contributed by atoms with Crippen LogP contribution in [0.1, 0.15) is 35.4 Å². The van der Waals surface area contributed by atoms with Crippen molar-refractivity contribution in [3.8, 4) is 17.2 Å². The van der Waals surface area contributed by atoms with Crippen LogP contribution in [-0.2, 0) is 9.53 Å². The SMILES string of the molecule is CCOC(=O)COc1ccc([C@@H]2c3cc(O)ccc3OC[C@H]2c2ccccc2)cc1. The molecule has 0 aliphatic carbocycles. The molecule has 2 atom stereocenters. The molecule has 1 heterocycles. The molecule has 1 N–H and O–H groups in total. The lowest BCUT2D eigenvalue weighted by molar-refractivity contribution is -0.145. The van der Waals surface area contributed by atoms with E-state index in [4.69, 9.17) is 14.2 Å². The molecule has 5 heteroatoms. The van der Waals surface area contributed by atoms with Crippen molar-refractivity contribution in [2.45, 2.75) is 18.8 Å². The van der Waals surface area contributed by atoms with Crippen LogP contribution in [0.5, 0.6) is 17.2 Å². The highest BCUT2D eigenvalue weighted by Crippen LogP contribution is 2.47. The van der Waals surface area contributed by atoms with Crippen molar-refractivity contribution in [2.24, 2.45) is 0 Å². The Labute approximate surface area is 175 Å². The van der Waals surface area contributed by atoms with E-state index in [9.17, 15) is 9.90 Å². The maximum atomic E-state index is 11.5. The van der Waals surface area contributed by atoms with Gasteiger partial charge in [-0.1, -0.05) is 42.5 Å². The van der Waals surface area contributed by atoms with E-state index in [2.05, 4.69) is 12.1 Å². The van der Waals surface area contributed by atoms with Crippen molar-refractivity contribution in [3.63, 3.8) is 0 Å². The molecule has 0 spiro atoms. The van der Waals surface area contributed by atoms with Crippen LogP contribution in [0.2, 0.25) is 0 Å². The lowest BCUT2D eigenvalue weighted by Crippen LogP contribution is -2.25. The van der Waals surface area contributed by atoms with Gasteiger partial charge in [-0.2, -0.15) is 0 Å². The Balaban J connectivity index is 1.65. The molecule has 1 aliphatic rings. The summed E-state index contributed by atoms with van der Waals surface area (Å²) >= 11 is 0. The molecule has 1 aliphatic heterocycles. The Bertz CT molecular complexity index is 998.